The minimum Gasteiger partial charge on any atom is -0.466 e. The Balaban J connectivity index is 2.23. The van der Waals surface area contributed by atoms with Crippen LogP contribution < -0.4 is 0 Å². The molecule has 1 saturated heterocycles. The van der Waals surface area contributed by atoms with Crippen LogP contribution >= 0.6 is 0 Å². The van der Waals surface area contributed by atoms with Crippen molar-refractivity contribution in [2.75, 3.05) is 32.8 Å². The van der Waals surface area contributed by atoms with Crippen LogP contribution in [0.1, 0.15) is 33.6 Å². The summed E-state index contributed by atoms with van der Waals surface area (Å²) in [6, 6.07) is 5.24. The number of rotatable bonds is 8. The molecule has 0 N–H and O–H groups in total. The highest BCUT2D eigenvalue weighted by molar-refractivity contribution is 7.89. The summed E-state index contributed by atoms with van der Waals surface area (Å²) < 4.78 is 58.6. The Labute approximate surface area is 167 Å². The van der Waals surface area contributed by atoms with Crippen molar-refractivity contribution in [2.45, 2.75) is 43.4 Å². The third kappa shape index (κ3) is 4.73. The van der Waals surface area contributed by atoms with Crippen LogP contribution in [0.5, 0.6) is 0 Å². The first-order valence-corrected chi connectivity index (χ1v) is 12.3. The van der Waals surface area contributed by atoms with Crippen LogP contribution in [0.15, 0.2) is 34.1 Å². The molecular weight excluding hydrogens is 404 g/mol. The lowest BCUT2D eigenvalue weighted by Crippen LogP contribution is -2.42. The van der Waals surface area contributed by atoms with E-state index in [2.05, 4.69) is 0 Å². The van der Waals surface area contributed by atoms with Gasteiger partial charge in [-0.2, -0.15) is 8.61 Å². The summed E-state index contributed by atoms with van der Waals surface area (Å²) in [6.45, 7) is 6.52. The number of benzene rings is 1. The van der Waals surface area contributed by atoms with Gasteiger partial charge in [0.05, 0.1) is 22.3 Å². The predicted molar refractivity (Wildman–Crippen MR) is 105 cm³/mol. The van der Waals surface area contributed by atoms with Gasteiger partial charge in [-0.1, -0.05) is 13.8 Å². The molecule has 28 heavy (non-hydrogen) atoms. The maximum absolute atomic E-state index is 12.9. The third-order valence-corrected chi connectivity index (χ3v) is 8.75. The lowest BCUT2D eigenvalue weighted by atomic mass is 10.0. The molecular formula is C18H28N2O6S2. The van der Waals surface area contributed by atoms with Gasteiger partial charge in [0.25, 0.3) is 0 Å². The summed E-state index contributed by atoms with van der Waals surface area (Å²) in [4.78, 5) is 12.0. The molecule has 8 nitrogen and oxygen atoms in total. The van der Waals surface area contributed by atoms with Crippen LogP contribution in [0.4, 0.5) is 0 Å². The average molecular weight is 433 g/mol. The van der Waals surface area contributed by atoms with E-state index in [0.29, 0.717) is 32.5 Å². The minimum atomic E-state index is -3.82. The van der Waals surface area contributed by atoms with Crippen molar-refractivity contribution in [1.82, 2.24) is 8.61 Å². The summed E-state index contributed by atoms with van der Waals surface area (Å²) >= 11 is 0. The van der Waals surface area contributed by atoms with Gasteiger partial charge in [0.2, 0.25) is 20.0 Å². The molecule has 1 atom stereocenters. The van der Waals surface area contributed by atoms with Crippen molar-refractivity contribution < 1.29 is 26.4 Å². The zero-order chi connectivity index (χ0) is 20.9. The van der Waals surface area contributed by atoms with Gasteiger partial charge in [0.15, 0.2) is 0 Å². The predicted octanol–water partition coefficient (Wildman–Crippen LogP) is 1.68. The Morgan fingerprint density at radius 3 is 2.18 bits per heavy atom. The van der Waals surface area contributed by atoms with Gasteiger partial charge in [0, 0.05) is 26.2 Å². The molecule has 0 bridgehead atoms. The average Bonchev–Trinajstić information content (AvgIpc) is 2.69. The van der Waals surface area contributed by atoms with E-state index in [1.807, 2.05) is 0 Å². The second kappa shape index (κ2) is 9.34. The van der Waals surface area contributed by atoms with Crippen LogP contribution in [0, 0.1) is 5.92 Å². The van der Waals surface area contributed by atoms with E-state index >= 15 is 0 Å². The fraction of sp³-hybridized carbons (Fsp3) is 0.611. The maximum atomic E-state index is 12.9. The van der Waals surface area contributed by atoms with Crippen LogP contribution in [-0.2, 0) is 29.6 Å². The fourth-order valence-corrected chi connectivity index (χ4v) is 6.24. The van der Waals surface area contributed by atoms with E-state index in [4.69, 9.17) is 4.74 Å². The van der Waals surface area contributed by atoms with E-state index in [1.165, 1.54) is 32.9 Å². The summed E-state index contributed by atoms with van der Waals surface area (Å²) in [5.41, 5.74) is 0. The first-order chi connectivity index (χ1) is 13.2. The number of nitrogens with zero attached hydrogens (tertiary/aromatic N) is 2. The molecule has 0 spiro atoms. The number of carbonyl (C=O) groups excluding carboxylic acids is 1. The smallest absolute Gasteiger partial charge is 0.310 e. The zero-order valence-corrected chi connectivity index (χ0v) is 18.1. The standard InChI is InChI=1S/C18H28N2O6S2/c1-4-19(5-2)27(22,23)16-9-11-17(12-10-16)28(24,25)20-13-7-8-15(14-20)18(21)26-6-3/h9-12,15H,4-8,13-14H2,1-3H3/t15-/m1/s1. The first kappa shape index (κ1) is 22.8. The molecule has 0 radical (unpaired) electrons. The highest BCUT2D eigenvalue weighted by Gasteiger charge is 2.34. The summed E-state index contributed by atoms with van der Waals surface area (Å²) in [6.07, 6.45) is 1.16. The molecule has 0 amide bonds. The molecule has 1 aromatic carbocycles. The lowest BCUT2D eigenvalue weighted by molar-refractivity contribution is -0.149. The number of sulfonamides is 2. The van der Waals surface area contributed by atoms with E-state index in [0.717, 1.165) is 0 Å². The molecule has 158 valence electrons. The minimum absolute atomic E-state index is 0.00973. The highest BCUT2D eigenvalue weighted by atomic mass is 32.2. The van der Waals surface area contributed by atoms with Crippen molar-refractivity contribution in [2.24, 2.45) is 5.92 Å². The van der Waals surface area contributed by atoms with E-state index in [1.54, 1.807) is 20.8 Å². The quantitative estimate of drug-likeness (QED) is 0.579. The molecule has 1 fully saturated rings. The van der Waals surface area contributed by atoms with Gasteiger partial charge >= 0.3 is 5.97 Å². The fourth-order valence-electron chi connectivity index (χ4n) is 3.26. The molecule has 0 aromatic heterocycles. The topological polar surface area (TPSA) is 101 Å². The van der Waals surface area contributed by atoms with E-state index in [-0.39, 0.29) is 28.9 Å². The molecule has 1 aliphatic rings. The summed E-state index contributed by atoms with van der Waals surface area (Å²) in [5.74, 6) is -0.867. The second-order valence-electron chi connectivity index (χ2n) is 6.51. The van der Waals surface area contributed by atoms with Gasteiger partial charge in [0.1, 0.15) is 0 Å². The number of piperidine rings is 1. The van der Waals surface area contributed by atoms with Crippen molar-refractivity contribution in [1.29, 1.82) is 0 Å². The largest absolute Gasteiger partial charge is 0.466 e. The Kier molecular flexibility index (Phi) is 7.60. The van der Waals surface area contributed by atoms with Crippen molar-refractivity contribution >= 4 is 26.0 Å². The van der Waals surface area contributed by atoms with Crippen molar-refractivity contribution in [3.8, 4) is 0 Å². The lowest BCUT2D eigenvalue weighted by Gasteiger charge is -2.30. The second-order valence-corrected chi connectivity index (χ2v) is 10.4. The van der Waals surface area contributed by atoms with Crippen LogP contribution in [-0.4, -0.2) is 64.2 Å². The number of carbonyl (C=O) groups is 1. The molecule has 1 aromatic rings. The normalized spacial score (nSPS) is 18.9. The van der Waals surface area contributed by atoms with Gasteiger partial charge in [-0.15, -0.1) is 0 Å². The van der Waals surface area contributed by atoms with Crippen LogP contribution in [0.25, 0.3) is 0 Å². The Morgan fingerprint density at radius 1 is 1.07 bits per heavy atom. The van der Waals surface area contributed by atoms with Crippen molar-refractivity contribution in [3.63, 3.8) is 0 Å². The third-order valence-electron chi connectivity index (χ3n) is 4.81. The molecule has 10 heteroatoms. The molecule has 0 saturated carbocycles. The molecule has 0 unspecified atom stereocenters. The summed E-state index contributed by atoms with van der Waals surface area (Å²) in [7, 11) is -7.47. The van der Waals surface area contributed by atoms with Gasteiger partial charge in [-0.3, -0.25) is 4.79 Å². The number of hydrogen-bond donors (Lipinski definition) is 0. The van der Waals surface area contributed by atoms with Gasteiger partial charge < -0.3 is 4.74 Å². The first-order valence-electron chi connectivity index (χ1n) is 9.45. The molecule has 0 aliphatic carbocycles. The molecule has 1 heterocycles. The SMILES string of the molecule is CCOC(=O)[C@@H]1CCCN(S(=O)(=O)c2ccc(S(=O)(=O)N(CC)CC)cc2)C1. The van der Waals surface area contributed by atoms with Gasteiger partial charge in [-0.05, 0) is 44.0 Å². The van der Waals surface area contributed by atoms with Gasteiger partial charge in [-0.25, -0.2) is 16.8 Å². The van der Waals surface area contributed by atoms with E-state index in [9.17, 15) is 21.6 Å². The Morgan fingerprint density at radius 2 is 1.64 bits per heavy atom. The monoisotopic (exact) mass is 432 g/mol. The number of hydrogen-bond acceptors (Lipinski definition) is 6. The van der Waals surface area contributed by atoms with Crippen LogP contribution in [0.2, 0.25) is 0 Å². The molecule has 2 rings (SSSR count). The van der Waals surface area contributed by atoms with Crippen LogP contribution in [0.3, 0.4) is 0 Å². The number of esters is 1. The van der Waals surface area contributed by atoms with E-state index < -0.39 is 26.0 Å². The Hall–Kier alpha value is -1.49. The maximum Gasteiger partial charge on any atom is 0.310 e. The highest BCUT2D eigenvalue weighted by Crippen LogP contribution is 2.26. The zero-order valence-electron chi connectivity index (χ0n) is 16.5. The Bertz CT molecular complexity index is 877. The molecule has 1 aliphatic heterocycles. The number of ether oxygens (including phenoxy) is 1. The van der Waals surface area contributed by atoms with Crippen molar-refractivity contribution in [3.05, 3.63) is 24.3 Å². The summed E-state index contributed by atoms with van der Waals surface area (Å²) in [5, 5.41) is 0.